The summed E-state index contributed by atoms with van der Waals surface area (Å²) in [6.45, 7) is 13.5. The predicted octanol–water partition coefficient (Wildman–Crippen LogP) is 6.46. The van der Waals surface area contributed by atoms with Crippen LogP contribution in [0.4, 0.5) is 0 Å². The van der Waals surface area contributed by atoms with Crippen molar-refractivity contribution in [3.63, 3.8) is 0 Å². The number of likely N-dealkylation sites (tertiary alicyclic amines) is 1. The van der Waals surface area contributed by atoms with E-state index in [1.807, 2.05) is 52.0 Å². The van der Waals surface area contributed by atoms with Gasteiger partial charge in [0.05, 0.1) is 22.5 Å². The average molecular weight is 873 g/mol. The zero-order valence-electron chi connectivity index (χ0n) is 37.7. The van der Waals surface area contributed by atoms with Crippen LogP contribution in [0.15, 0.2) is 36.5 Å². The number of carbonyl (C=O) groups is 5. The number of pyridine rings is 1. The first kappa shape index (κ1) is 44.7. The van der Waals surface area contributed by atoms with Crippen molar-refractivity contribution in [3.05, 3.63) is 42.1 Å². The van der Waals surface area contributed by atoms with Crippen molar-refractivity contribution in [3.8, 4) is 0 Å². The number of amides is 4. The molecule has 8 rings (SSSR count). The number of para-hydroxylation sites is 1. The average Bonchev–Trinajstić information content (AvgIpc) is 3.64. The number of benzene rings is 1. The highest BCUT2D eigenvalue weighted by molar-refractivity contribution is 7.87. The molecule has 4 saturated carbocycles. The number of Topliss-reactive ketones (excluding diaryl/α,β-unsaturated/α-hetero) is 1. The zero-order chi connectivity index (χ0) is 44.5. The molecule has 14 heteroatoms. The van der Waals surface area contributed by atoms with E-state index in [0.717, 1.165) is 64.2 Å². The monoisotopic (exact) mass is 872 g/mol. The molecular weight excluding hydrogens is 805 g/mol. The highest BCUT2D eigenvalue weighted by atomic mass is 32.2. The molecule has 4 aliphatic carbocycles. The van der Waals surface area contributed by atoms with Crippen LogP contribution in [-0.4, -0.2) is 89.8 Å². The maximum absolute atomic E-state index is 15.2. The van der Waals surface area contributed by atoms with Crippen LogP contribution in [0.3, 0.4) is 0 Å². The van der Waals surface area contributed by atoms with E-state index in [1.165, 1.54) is 4.31 Å². The highest BCUT2D eigenvalue weighted by Crippen LogP contribution is 2.88. The number of hydrogen-bond donors (Lipinski definition) is 3. The molecule has 1 aromatic heterocycles. The van der Waals surface area contributed by atoms with Gasteiger partial charge in [-0.1, -0.05) is 85.4 Å². The van der Waals surface area contributed by atoms with Gasteiger partial charge >= 0.3 is 10.2 Å². The molecule has 62 heavy (non-hydrogen) atoms. The number of carbonyl (C=O) groups excluding carboxylic acids is 5. The van der Waals surface area contributed by atoms with Crippen molar-refractivity contribution < 1.29 is 32.4 Å². The fourth-order valence-electron chi connectivity index (χ4n) is 12.8. The minimum absolute atomic E-state index is 0.00707. The molecule has 0 radical (unpaired) electrons. The molecule has 2 saturated heterocycles. The number of nitrogens with zero attached hydrogens (tertiary/aromatic N) is 3. The number of fused-ring (bicyclic) bond motifs is 2. The van der Waals surface area contributed by atoms with Gasteiger partial charge in [-0.2, -0.15) is 12.7 Å². The molecular formula is C48H68N6O7S. The van der Waals surface area contributed by atoms with Crippen molar-refractivity contribution >= 4 is 50.5 Å². The molecule has 1 aromatic carbocycles. The smallest absolute Gasteiger partial charge is 0.303 e. The molecule has 2 aromatic rings. The Morgan fingerprint density at radius 2 is 1.56 bits per heavy atom. The lowest BCUT2D eigenvalue weighted by molar-refractivity contribution is -0.144. The summed E-state index contributed by atoms with van der Waals surface area (Å²) in [5, 5.41) is 6.96. The van der Waals surface area contributed by atoms with Crippen LogP contribution in [0, 0.1) is 38.9 Å². The summed E-state index contributed by atoms with van der Waals surface area (Å²) in [6.07, 6.45) is 13.0. The second-order valence-electron chi connectivity index (χ2n) is 21.5. The quantitative estimate of drug-likeness (QED) is 0.194. The zero-order valence-corrected chi connectivity index (χ0v) is 38.5. The van der Waals surface area contributed by atoms with E-state index < -0.39 is 51.0 Å². The van der Waals surface area contributed by atoms with Gasteiger partial charge in [0.15, 0.2) is 5.78 Å². The minimum atomic E-state index is -3.92. The van der Waals surface area contributed by atoms with Crippen molar-refractivity contribution in [2.24, 2.45) is 38.9 Å². The van der Waals surface area contributed by atoms with Crippen LogP contribution >= 0.6 is 0 Å². The first-order valence-corrected chi connectivity index (χ1v) is 24.8. The molecule has 13 nitrogen and oxygen atoms in total. The second-order valence-corrected chi connectivity index (χ2v) is 23.2. The molecule has 6 fully saturated rings. The number of ketones is 1. The maximum atomic E-state index is 15.2. The van der Waals surface area contributed by atoms with Crippen molar-refractivity contribution in [2.45, 2.75) is 156 Å². The van der Waals surface area contributed by atoms with E-state index in [1.54, 1.807) is 17.2 Å². The lowest BCUT2D eigenvalue weighted by Gasteiger charge is -2.38. The van der Waals surface area contributed by atoms with E-state index in [9.17, 15) is 27.6 Å². The fraction of sp³-hybridized carbons (Fsp3) is 0.708. The standard InChI is InChI=1S/C48H68N6O7S/c1-31-28-46(31,43(59)52-62(60,61)53-26-12-13-27-53)22-14-20-37(55)36-29-48(45(5,6)47(48)23-15-24-47)30-54(36)42(58)39(44(2,3)4)51-41(57)38(32-16-8-7-9-17-32)50-40(56)34-21-25-49-35-19-11-10-18-33(34)35/h10-11,18-19,21,25,31-32,36,38-39H,7-9,12-17,20,22-24,26-30H2,1-6H3,(H,50,56)(H,51,57)(H,52,59). The van der Waals surface area contributed by atoms with Gasteiger partial charge in [0.1, 0.15) is 12.1 Å². The van der Waals surface area contributed by atoms with Crippen molar-refractivity contribution in [2.75, 3.05) is 19.6 Å². The lowest BCUT2D eigenvalue weighted by atomic mass is 9.73. The molecule has 6 aliphatic rings. The third-order valence-corrected chi connectivity index (χ3v) is 18.5. The molecule has 4 amide bonds. The molecule has 2 spiro atoms. The highest BCUT2D eigenvalue weighted by Gasteiger charge is 2.85. The Morgan fingerprint density at radius 1 is 0.887 bits per heavy atom. The first-order valence-electron chi connectivity index (χ1n) is 23.4. The first-order chi connectivity index (χ1) is 29.3. The van der Waals surface area contributed by atoms with Crippen LogP contribution in [0.25, 0.3) is 10.9 Å². The van der Waals surface area contributed by atoms with Crippen LogP contribution in [-0.2, 0) is 29.4 Å². The summed E-state index contributed by atoms with van der Waals surface area (Å²) in [5.74, 6) is -1.71. The minimum Gasteiger partial charge on any atom is -0.342 e. The Labute approximate surface area is 367 Å². The Bertz CT molecular complexity index is 2220. The van der Waals surface area contributed by atoms with Gasteiger partial charge in [0.2, 0.25) is 17.7 Å². The molecule has 3 heterocycles. The molecule has 6 atom stereocenters. The second kappa shape index (κ2) is 16.3. The summed E-state index contributed by atoms with van der Waals surface area (Å²) in [7, 11) is -3.92. The number of nitrogens with one attached hydrogen (secondary N) is 3. The Balaban J connectivity index is 1.01. The molecule has 338 valence electrons. The Kier molecular flexibility index (Phi) is 11.7. The van der Waals surface area contributed by atoms with Crippen LogP contribution in [0.1, 0.15) is 148 Å². The van der Waals surface area contributed by atoms with E-state index in [0.29, 0.717) is 61.8 Å². The lowest BCUT2D eigenvalue weighted by Crippen LogP contribution is -2.61. The van der Waals surface area contributed by atoms with Gasteiger partial charge in [0.25, 0.3) is 5.91 Å². The Hall–Kier alpha value is -3.91. The topological polar surface area (TPSA) is 175 Å². The third kappa shape index (κ3) is 7.56. The van der Waals surface area contributed by atoms with E-state index in [2.05, 4.69) is 34.2 Å². The maximum Gasteiger partial charge on any atom is 0.303 e. The predicted molar refractivity (Wildman–Crippen MR) is 237 cm³/mol. The largest absolute Gasteiger partial charge is 0.342 e. The summed E-state index contributed by atoms with van der Waals surface area (Å²) in [6, 6.07) is 6.57. The van der Waals surface area contributed by atoms with Crippen LogP contribution in [0.2, 0.25) is 0 Å². The van der Waals surface area contributed by atoms with Gasteiger partial charge in [-0.05, 0) is 104 Å². The molecule has 2 aliphatic heterocycles. The Morgan fingerprint density at radius 3 is 2.18 bits per heavy atom. The number of aromatic nitrogens is 1. The SMILES string of the molecule is CC1CC1(CCCC(=O)C1CC2(CN1C(=O)C(NC(=O)C(NC(=O)c1ccnc3ccccc13)C1CCCCC1)C(C)(C)C)C(C)(C)C21CCC1)C(=O)NS(=O)(=O)N1CCCC1. The molecule has 0 bridgehead atoms. The summed E-state index contributed by atoms with van der Waals surface area (Å²) in [4.78, 5) is 78.3. The number of rotatable bonds is 14. The molecule has 6 unspecified atom stereocenters. The van der Waals surface area contributed by atoms with Crippen LogP contribution < -0.4 is 15.4 Å². The molecule has 3 N–H and O–H groups in total. The normalized spacial score (nSPS) is 28.9. The van der Waals surface area contributed by atoms with Gasteiger partial charge in [-0.15, -0.1) is 0 Å². The van der Waals surface area contributed by atoms with Gasteiger partial charge in [0, 0.05) is 43.1 Å². The van der Waals surface area contributed by atoms with E-state index in [-0.39, 0.29) is 52.1 Å². The summed E-state index contributed by atoms with van der Waals surface area (Å²) < 4.78 is 29.7. The van der Waals surface area contributed by atoms with Gasteiger partial charge in [-0.3, -0.25) is 29.0 Å². The summed E-state index contributed by atoms with van der Waals surface area (Å²) in [5.41, 5.74) is -0.679. The van der Waals surface area contributed by atoms with E-state index in [4.69, 9.17) is 0 Å². The third-order valence-electron chi connectivity index (χ3n) is 17.0. The fourth-order valence-corrected chi connectivity index (χ4v) is 14.1. The summed E-state index contributed by atoms with van der Waals surface area (Å²) >= 11 is 0. The number of hydrogen-bond acceptors (Lipinski definition) is 8. The van der Waals surface area contributed by atoms with Gasteiger partial charge in [-0.25, -0.2) is 4.72 Å². The van der Waals surface area contributed by atoms with Crippen molar-refractivity contribution in [1.82, 2.24) is 29.5 Å². The van der Waals surface area contributed by atoms with Crippen LogP contribution in [0.5, 0.6) is 0 Å². The van der Waals surface area contributed by atoms with E-state index >= 15 is 4.79 Å². The van der Waals surface area contributed by atoms with Gasteiger partial charge < -0.3 is 15.5 Å². The van der Waals surface area contributed by atoms with Crippen molar-refractivity contribution in [1.29, 1.82) is 0 Å².